The first-order valence-electron chi connectivity index (χ1n) is 12.9. The molecule has 3 rings (SSSR count). The lowest BCUT2D eigenvalue weighted by atomic mass is 10.1. The minimum atomic E-state index is -1.42. The van der Waals surface area contributed by atoms with Crippen LogP contribution in [0.4, 0.5) is 23.0 Å². The van der Waals surface area contributed by atoms with Crippen LogP contribution < -0.4 is 15.4 Å². The molecule has 0 saturated carbocycles. The highest BCUT2D eigenvalue weighted by molar-refractivity contribution is 7.11. The molecule has 10 nitrogen and oxygen atoms in total. The smallest absolute Gasteiger partial charge is 0.344 e. The molecule has 0 spiro atoms. The predicted octanol–water partition coefficient (Wildman–Crippen LogP) is 3.52. The summed E-state index contributed by atoms with van der Waals surface area (Å²) in [6.45, 7) is 5.89. The number of nitrogens with one attached hydrogen (secondary N) is 2. The van der Waals surface area contributed by atoms with Crippen molar-refractivity contribution < 1.29 is 37.7 Å². The number of anilines is 1. The van der Waals surface area contributed by atoms with Crippen LogP contribution in [-0.2, 0) is 6.61 Å². The number of benzene rings is 1. The Morgan fingerprint density at radius 3 is 2.28 bits per heavy atom. The number of carbonyl (C=O) groups excluding carboxylic acids is 1. The summed E-state index contributed by atoms with van der Waals surface area (Å²) in [7, 11) is 0. The molecular weight excluding hydrogens is 539 g/mol. The van der Waals surface area contributed by atoms with Gasteiger partial charge in [-0.2, -0.15) is 4.37 Å². The highest BCUT2D eigenvalue weighted by Gasteiger charge is 2.24. The van der Waals surface area contributed by atoms with Crippen LogP contribution in [0.2, 0.25) is 0 Å². The summed E-state index contributed by atoms with van der Waals surface area (Å²) >= 11 is 0.671. The van der Waals surface area contributed by atoms with Gasteiger partial charge in [0.05, 0.1) is 6.61 Å². The lowest BCUT2D eigenvalue weighted by Crippen LogP contribution is -2.47. The number of piperazine rings is 1. The summed E-state index contributed by atoms with van der Waals surface area (Å²) in [5.41, 5.74) is -0.740. The molecule has 1 fully saturated rings. The zero-order chi connectivity index (χ0) is 28.2. The maximum atomic E-state index is 13.8. The molecule has 0 atom stereocenters. The van der Waals surface area contributed by atoms with Gasteiger partial charge in [-0.25, -0.2) is 22.8 Å². The number of urea groups is 1. The summed E-state index contributed by atoms with van der Waals surface area (Å²) in [4.78, 5) is 28.7. The number of aromatic nitrogens is 1. The maximum Gasteiger partial charge on any atom is 0.344 e. The third-order valence-electron chi connectivity index (χ3n) is 6.37. The normalized spacial score (nSPS) is 14.4. The number of aliphatic hydroxyl groups excluding tert-OH is 1. The highest BCUT2D eigenvalue weighted by Crippen LogP contribution is 2.31. The van der Waals surface area contributed by atoms with Gasteiger partial charge >= 0.3 is 12.0 Å². The van der Waals surface area contributed by atoms with Crippen LogP contribution in [0.3, 0.4) is 0 Å². The summed E-state index contributed by atoms with van der Waals surface area (Å²) in [5, 5.41) is 23.6. The number of carbonyl (C=O) groups is 2. The van der Waals surface area contributed by atoms with Crippen LogP contribution in [0, 0.1) is 17.5 Å². The second kappa shape index (κ2) is 15.6. The second-order valence-corrected chi connectivity index (χ2v) is 9.97. The van der Waals surface area contributed by atoms with Crippen LogP contribution >= 0.6 is 11.5 Å². The van der Waals surface area contributed by atoms with E-state index in [2.05, 4.69) is 24.8 Å². The van der Waals surface area contributed by atoms with Crippen molar-refractivity contribution in [2.45, 2.75) is 38.7 Å². The molecule has 216 valence electrons. The van der Waals surface area contributed by atoms with Crippen LogP contribution in [0.15, 0.2) is 12.1 Å². The number of aliphatic hydroxyl groups is 1. The Kier molecular flexibility index (Phi) is 12.2. The molecule has 1 saturated heterocycles. The van der Waals surface area contributed by atoms with Crippen molar-refractivity contribution >= 4 is 28.5 Å². The number of hydrogen-bond donors (Lipinski definition) is 4. The van der Waals surface area contributed by atoms with Crippen molar-refractivity contribution in [2.75, 3.05) is 57.7 Å². The molecule has 0 bridgehead atoms. The van der Waals surface area contributed by atoms with E-state index in [4.69, 9.17) is 9.84 Å². The van der Waals surface area contributed by atoms with E-state index >= 15 is 0 Å². The molecule has 4 N–H and O–H groups in total. The van der Waals surface area contributed by atoms with Crippen molar-refractivity contribution in [1.29, 1.82) is 0 Å². The Morgan fingerprint density at radius 2 is 1.59 bits per heavy atom. The predicted molar refractivity (Wildman–Crippen MR) is 140 cm³/mol. The van der Waals surface area contributed by atoms with Gasteiger partial charge in [0, 0.05) is 50.9 Å². The summed E-state index contributed by atoms with van der Waals surface area (Å²) < 4.78 is 49.4. The Hall–Kier alpha value is -2.94. The van der Waals surface area contributed by atoms with Gasteiger partial charge < -0.3 is 25.2 Å². The number of carboxylic acid groups (broad SMARTS) is 1. The molecule has 2 aromatic rings. The Bertz CT molecular complexity index is 1100. The fourth-order valence-electron chi connectivity index (χ4n) is 4.19. The van der Waals surface area contributed by atoms with Crippen molar-refractivity contribution in [3.63, 3.8) is 0 Å². The van der Waals surface area contributed by atoms with E-state index in [0.717, 1.165) is 71.4 Å². The van der Waals surface area contributed by atoms with Crippen LogP contribution in [0.25, 0.3) is 0 Å². The zero-order valence-corrected chi connectivity index (χ0v) is 22.4. The molecule has 1 aliphatic rings. The molecule has 39 heavy (non-hydrogen) atoms. The van der Waals surface area contributed by atoms with Crippen LogP contribution in [0.1, 0.15) is 48.0 Å². The Morgan fingerprint density at radius 1 is 0.949 bits per heavy atom. The topological polar surface area (TPSA) is 127 Å². The molecule has 1 aliphatic heterocycles. The van der Waals surface area contributed by atoms with Crippen LogP contribution in [0.5, 0.6) is 5.88 Å². The highest BCUT2D eigenvalue weighted by atomic mass is 32.1. The monoisotopic (exact) mass is 573 g/mol. The third-order valence-corrected chi connectivity index (χ3v) is 7.12. The molecule has 2 amide bonds. The van der Waals surface area contributed by atoms with E-state index in [0.29, 0.717) is 30.2 Å². The standard InChI is InChI=1S/C25H34F3N5O5S/c26-18-15-20(28)19(27)14-17(18)16-38-22-21(24(35)36)23(39-31-22)30-25(37)29-6-4-2-1-3-5-7-32-8-10-33(11-9-32)12-13-34/h14-15,34H,1-13,16H2,(H,35,36)(H2,29,30,37). The largest absolute Gasteiger partial charge is 0.477 e. The average Bonchev–Trinajstić information content (AvgIpc) is 3.30. The molecule has 0 aliphatic carbocycles. The van der Waals surface area contributed by atoms with E-state index in [1.165, 1.54) is 0 Å². The molecule has 0 radical (unpaired) electrons. The number of halogens is 3. The number of aromatic carboxylic acids is 1. The van der Waals surface area contributed by atoms with Gasteiger partial charge in [-0.3, -0.25) is 10.2 Å². The Labute approximate surface area is 228 Å². The van der Waals surface area contributed by atoms with E-state index in [1.54, 1.807) is 0 Å². The molecule has 14 heteroatoms. The summed E-state index contributed by atoms with van der Waals surface area (Å²) in [6, 6.07) is 0.390. The molecule has 0 unspecified atom stereocenters. The molecular formula is C25H34F3N5O5S. The lowest BCUT2D eigenvalue weighted by molar-refractivity contribution is 0.0693. The third kappa shape index (κ3) is 9.64. The van der Waals surface area contributed by atoms with Crippen molar-refractivity contribution in [1.82, 2.24) is 19.5 Å². The van der Waals surface area contributed by atoms with Crippen LogP contribution in [-0.4, -0.2) is 88.8 Å². The number of amides is 2. The average molecular weight is 574 g/mol. The number of unbranched alkanes of at least 4 members (excludes halogenated alkanes) is 4. The minimum Gasteiger partial charge on any atom is -0.477 e. The van der Waals surface area contributed by atoms with E-state index in [9.17, 15) is 27.9 Å². The number of β-amino-alcohol motifs (C(OH)–C–C–N with tert-alkyl or cyclic N) is 1. The van der Waals surface area contributed by atoms with Gasteiger partial charge in [0.15, 0.2) is 17.2 Å². The van der Waals surface area contributed by atoms with Gasteiger partial charge in [0.25, 0.3) is 0 Å². The molecule has 2 heterocycles. The molecule has 1 aromatic carbocycles. The summed E-state index contributed by atoms with van der Waals surface area (Å²) in [5.74, 6) is -5.47. The SMILES string of the molecule is O=C(NCCCCCCCN1CCN(CCO)CC1)Nc1snc(OCc2cc(F)c(F)cc2F)c1C(=O)O. The fraction of sp³-hybridized carbons (Fsp3) is 0.560. The van der Waals surface area contributed by atoms with E-state index < -0.39 is 41.6 Å². The minimum absolute atomic E-state index is 0.0713. The molecule has 1 aromatic heterocycles. The number of rotatable bonds is 15. The number of hydrogen-bond acceptors (Lipinski definition) is 8. The van der Waals surface area contributed by atoms with Crippen molar-refractivity contribution in [3.05, 3.63) is 40.7 Å². The fourth-order valence-corrected chi connectivity index (χ4v) is 4.91. The first-order chi connectivity index (χ1) is 18.8. The van der Waals surface area contributed by atoms with E-state index in [1.807, 2.05) is 0 Å². The second-order valence-electron chi connectivity index (χ2n) is 9.20. The summed E-state index contributed by atoms with van der Waals surface area (Å²) in [6.07, 6.45) is 4.98. The maximum absolute atomic E-state index is 13.8. The zero-order valence-electron chi connectivity index (χ0n) is 21.6. The number of carboxylic acids is 1. The quantitative estimate of drug-likeness (QED) is 0.188. The lowest BCUT2D eigenvalue weighted by Gasteiger charge is -2.34. The van der Waals surface area contributed by atoms with Gasteiger partial charge in [0.2, 0.25) is 5.88 Å². The van der Waals surface area contributed by atoms with E-state index in [-0.39, 0.29) is 23.1 Å². The number of ether oxygens (including phenoxy) is 1. The van der Waals surface area contributed by atoms with Gasteiger partial charge in [-0.1, -0.05) is 19.3 Å². The Balaban J connectivity index is 1.33. The first-order valence-corrected chi connectivity index (χ1v) is 13.7. The number of nitrogens with zero attached hydrogens (tertiary/aromatic N) is 3. The van der Waals surface area contributed by atoms with Gasteiger partial charge in [-0.15, -0.1) is 0 Å². The van der Waals surface area contributed by atoms with Gasteiger partial charge in [-0.05, 0) is 37.0 Å². The van der Waals surface area contributed by atoms with Gasteiger partial charge in [0.1, 0.15) is 17.4 Å². The van der Waals surface area contributed by atoms with Crippen molar-refractivity contribution in [3.8, 4) is 5.88 Å². The first kappa shape index (κ1) is 30.6. The van der Waals surface area contributed by atoms with Crippen molar-refractivity contribution in [2.24, 2.45) is 0 Å².